The molecular formula is C21H17ClN6O. The number of halogens is 1. The highest BCUT2D eigenvalue weighted by Gasteiger charge is 2.05. The summed E-state index contributed by atoms with van der Waals surface area (Å²) in [4.78, 5) is 12.2. The van der Waals surface area contributed by atoms with E-state index < -0.39 is 0 Å². The molecule has 4 aromatic rings. The predicted molar refractivity (Wildman–Crippen MR) is 113 cm³/mol. The number of aromatic nitrogens is 4. The number of amides is 1. The molecule has 0 saturated heterocycles. The molecule has 2 N–H and O–H groups in total. The first-order valence-electron chi connectivity index (χ1n) is 8.91. The molecule has 7 nitrogen and oxygen atoms in total. The third kappa shape index (κ3) is 4.97. The molecule has 0 atom stereocenters. The summed E-state index contributed by atoms with van der Waals surface area (Å²) in [5.41, 5.74) is 2.46. The van der Waals surface area contributed by atoms with Crippen LogP contribution in [0.3, 0.4) is 0 Å². The molecule has 2 aromatic carbocycles. The second-order valence-corrected chi connectivity index (χ2v) is 6.72. The Morgan fingerprint density at radius 1 is 0.931 bits per heavy atom. The number of rotatable bonds is 6. The molecule has 8 heteroatoms. The smallest absolute Gasteiger partial charge is 0.228 e. The van der Waals surface area contributed by atoms with Crippen molar-refractivity contribution in [3.8, 4) is 5.82 Å². The predicted octanol–water partition coefficient (Wildman–Crippen LogP) is 4.24. The highest BCUT2D eigenvalue weighted by Crippen LogP contribution is 2.18. The summed E-state index contributed by atoms with van der Waals surface area (Å²) in [5.74, 6) is 1.16. The molecule has 0 saturated carbocycles. The van der Waals surface area contributed by atoms with E-state index in [1.165, 1.54) is 0 Å². The maximum absolute atomic E-state index is 12.2. The Morgan fingerprint density at radius 3 is 2.34 bits per heavy atom. The summed E-state index contributed by atoms with van der Waals surface area (Å²) >= 11 is 5.86. The van der Waals surface area contributed by atoms with E-state index in [9.17, 15) is 4.79 Å². The Kier molecular flexibility index (Phi) is 5.49. The van der Waals surface area contributed by atoms with Crippen molar-refractivity contribution in [2.45, 2.75) is 6.42 Å². The summed E-state index contributed by atoms with van der Waals surface area (Å²) < 4.78 is 1.64. The van der Waals surface area contributed by atoms with Crippen molar-refractivity contribution in [3.63, 3.8) is 0 Å². The van der Waals surface area contributed by atoms with Gasteiger partial charge in [-0.1, -0.05) is 23.7 Å². The topological polar surface area (TPSA) is 84.7 Å². The first-order valence-corrected chi connectivity index (χ1v) is 9.29. The van der Waals surface area contributed by atoms with Crippen LogP contribution in [0.25, 0.3) is 5.82 Å². The molecule has 2 heterocycles. The van der Waals surface area contributed by atoms with Crippen LogP contribution in [0.4, 0.5) is 17.2 Å². The number of carbonyl (C=O) groups is 1. The van der Waals surface area contributed by atoms with E-state index in [0.29, 0.717) is 16.7 Å². The monoisotopic (exact) mass is 404 g/mol. The van der Waals surface area contributed by atoms with Crippen LogP contribution in [0, 0.1) is 0 Å². The zero-order chi connectivity index (χ0) is 20.1. The first kappa shape index (κ1) is 18.6. The lowest BCUT2D eigenvalue weighted by molar-refractivity contribution is -0.115. The van der Waals surface area contributed by atoms with Crippen molar-refractivity contribution >= 4 is 34.7 Å². The number of nitrogens with one attached hydrogen (secondary N) is 2. The van der Waals surface area contributed by atoms with Gasteiger partial charge in [-0.25, -0.2) is 4.68 Å². The van der Waals surface area contributed by atoms with E-state index in [1.807, 2.05) is 54.6 Å². The highest BCUT2D eigenvalue weighted by atomic mass is 35.5. The standard InChI is InChI=1S/C21H17ClN6O/c22-16-4-2-15(3-5-16)14-21(29)25-18-8-6-17(7-9-18)24-19-10-11-20(27-26-19)28-13-1-12-23-28/h1-13H,14H2,(H,24,26)(H,25,29). The summed E-state index contributed by atoms with van der Waals surface area (Å²) in [6.45, 7) is 0. The van der Waals surface area contributed by atoms with Gasteiger partial charge in [0.1, 0.15) is 0 Å². The summed E-state index contributed by atoms with van der Waals surface area (Å²) in [5, 5.41) is 19.1. The average molecular weight is 405 g/mol. The lowest BCUT2D eigenvalue weighted by Gasteiger charge is -2.08. The molecule has 0 aliphatic carbocycles. The molecule has 144 valence electrons. The maximum atomic E-state index is 12.2. The van der Waals surface area contributed by atoms with Crippen LogP contribution >= 0.6 is 11.6 Å². The number of benzene rings is 2. The number of hydrogen-bond donors (Lipinski definition) is 2. The van der Waals surface area contributed by atoms with Crippen molar-refractivity contribution < 1.29 is 4.79 Å². The third-order valence-electron chi connectivity index (χ3n) is 4.11. The Hall–Kier alpha value is -3.71. The maximum Gasteiger partial charge on any atom is 0.228 e. The van der Waals surface area contributed by atoms with Crippen molar-refractivity contribution in [2.75, 3.05) is 10.6 Å². The molecule has 29 heavy (non-hydrogen) atoms. The molecule has 0 spiro atoms. The largest absolute Gasteiger partial charge is 0.339 e. The van der Waals surface area contributed by atoms with Gasteiger partial charge in [0, 0.05) is 28.8 Å². The molecular weight excluding hydrogens is 388 g/mol. The Balaban J connectivity index is 1.34. The van der Waals surface area contributed by atoms with Gasteiger partial charge in [0.15, 0.2) is 11.6 Å². The minimum Gasteiger partial charge on any atom is -0.339 e. The van der Waals surface area contributed by atoms with Crippen molar-refractivity contribution in [1.82, 2.24) is 20.0 Å². The molecule has 2 aromatic heterocycles. The fraction of sp³-hybridized carbons (Fsp3) is 0.0476. The molecule has 0 aliphatic rings. The van der Waals surface area contributed by atoms with Crippen LogP contribution in [-0.4, -0.2) is 25.9 Å². The average Bonchev–Trinajstić information content (AvgIpc) is 3.27. The molecule has 4 rings (SSSR count). The van der Waals surface area contributed by atoms with Gasteiger partial charge in [0.05, 0.1) is 6.42 Å². The van der Waals surface area contributed by atoms with Gasteiger partial charge in [-0.3, -0.25) is 4.79 Å². The van der Waals surface area contributed by atoms with Crippen LogP contribution in [0.2, 0.25) is 5.02 Å². The number of nitrogens with zero attached hydrogens (tertiary/aromatic N) is 4. The van der Waals surface area contributed by atoms with Gasteiger partial charge in [-0.15, -0.1) is 10.2 Å². The van der Waals surface area contributed by atoms with Gasteiger partial charge >= 0.3 is 0 Å². The summed E-state index contributed by atoms with van der Waals surface area (Å²) in [6, 6.07) is 20.1. The van der Waals surface area contributed by atoms with Gasteiger partial charge in [-0.05, 0) is 60.2 Å². The van der Waals surface area contributed by atoms with Crippen molar-refractivity contribution in [2.24, 2.45) is 0 Å². The van der Waals surface area contributed by atoms with Crippen LogP contribution in [-0.2, 0) is 11.2 Å². The molecule has 0 unspecified atom stereocenters. The SMILES string of the molecule is O=C(Cc1ccc(Cl)cc1)Nc1ccc(Nc2ccc(-n3cccn3)nn2)cc1. The third-order valence-corrected chi connectivity index (χ3v) is 4.36. The van der Waals surface area contributed by atoms with Crippen molar-refractivity contribution in [3.05, 3.63) is 89.7 Å². The summed E-state index contributed by atoms with van der Waals surface area (Å²) in [7, 11) is 0. The second kappa shape index (κ2) is 8.53. The fourth-order valence-corrected chi connectivity index (χ4v) is 2.82. The minimum absolute atomic E-state index is 0.0897. The van der Waals surface area contributed by atoms with E-state index in [0.717, 1.165) is 16.9 Å². The lowest BCUT2D eigenvalue weighted by Crippen LogP contribution is -2.14. The van der Waals surface area contributed by atoms with E-state index in [4.69, 9.17) is 11.6 Å². The lowest BCUT2D eigenvalue weighted by atomic mass is 10.1. The van der Waals surface area contributed by atoms with Crippen LogP contribution < -0.4 is 10.6 Å². The zero-order valence-corrected chi connectivity index (χ0v) is 16.0. The van der Waals surface area contributed by atoms with E-state index in [1.54, 1.807) is 29.2 Å². The number of anilines is 3. The van der Waals surface area contributed by atoms with Crippen molar-refractivity contribution in [1.29, 1.82) is 0 Å². The van der Waals surface area contributed by atoms with E-state index >= 15 is 0 Å². The van der Waals surface area contributed by atoms with Gasteiger partial charge in [-0.2, -0.15) is 5.10 Å². The minimum atomic E-state index is -0.0897. The van der Waals surface area contributed by atoms with E-state index in [-0.39, 0.29) is 12.3 Å². The Labute approximate surface area is 172 Å². The highest BCUT2D eigenvalue weighted by molar-refractivity contribution is 6.30. The van der Waals surface area contributed by atoms with Gasteiger partial charge in [0.2, 0.25) is 5.91 Å². The molecule has 0 aliphatic heterocycles. The Morgan fingerprint density at radius 2 is 1.69 bits per heavy atom. The molecule has 1 amide bonds. The normalized spacial score (nSPS) is 10.5. The first-order chi connectivity index (χ1) is 14.2. The van der Waals surface area contributed by atoms with Crippen LogP contribution in [0.15, 0.2) is 79.1 Å². The molecule has 0 fully saturated rings. The second-order valence-electron chi connectivity index (χ2n) is 6.28. The zero-order valence-electron chi connectivity index (χ0n) is 15.3. The number of hydrogen-bond acceptors (Lipinski definition) is 5. The molecule has 0 bridgehead atoms. The van der Waals surface area contributed by atoms with Crippen LogP contribution in [0.5, 0.6) is 0 Å². The van der Waals surface area contributed by atoms with Gasteiger partial charge < -0.3 is 10.6 Å². The van der Waals surface area contributed by atoms with E-state index in [2.05, 4.69) is 25.9 Å². The fourth-order valence-electron chi connectivity index (χ4n) is 2.70. The quantitative estimate of drug-likeness (QED) is 0.502. The van der Waals surface area contributed by atoms with Gasteiger partial charge in [0.25, 0.3) is 0 Å². The Bertz CT molecular complexity index is 1080. The van der Waals surface area contributed by atoms with Crippen LogP contribution in [0.1, 0.15) is 5.56 Å². The summed E-state index contributed by atoms with van der Waals surface area (Å²) in [6.07, 6.45) is 3.77. The molecule has 0 radical (unpaired) electrons. The number of carbonyl (C=O) groups excluding carboxylic acids is 1.